The molecule has 0 saturated carbocycles. The molecule has 2 rings (SSSR count). The summed E-state index contributed by atoms with van der Waals surface area (Å²) >= 11 is 0. The quantitative estimate of drug-likeness (QED) is 0.675. The third-order valence-corrected chi connectivity index (χ3v) is 2.29. The monoisotopic (exact) mass is 173 g/mol. The Labute approximate surface area is 77.0 Å². The van der Waals surface area contributed by atoms with E-state index in [0.29, 0.717) is 5.84 Å². The molecule has 0 unspecified atom stereocenters. The van der Waals surface area contributed by atoms with Gasteiger partial charge in [-0.3, -0.25) is 10.4 Å². The molecular formula is C10H11N3. The molecule has 0 bridgehead atoms. The Morgan fingerprint density at radius 1 is 1.62 bits per heavy atom. The lowest BCUT2D eigenvalue weighted by Gasteiger charge is -2.23. The van der Waals surface area contributed by atoms with Crippen LogP contribution in [0, 0.1) is 5.41 Å². The Morgan fingerprint density at radius 3 is 2.92 bits per heavy atom. The SMILES string of the molecule is CC(=C1CNC1=N)c1cccnc1. The molecule has 1 fully saturated rings. The summed E-state index contributed by atoms with van der Waals surface area (Å²) in [5.74, 6) is 0.543. The molecule has 0 radical (unpaired) electrons. The van der Waals surface area contributed by atoms with Crippen molar-refractivity contribution in [3.8, 4) is 0 Å². The number of nitrogens with one attached hydrogen (secondary N) is 2. The van der Waals surface area contributed by atoms with E-state index in [-0.39, 0.29) is 0 Å². The molecule has 3 nitrogen and oxygen atoms in total. The summed E-state index contributed by atoms with van der Waals surface area (Å²) in [5, 5.41) is 10.4. The second-order valence-electron chi connectivity index (χ2n) is 3.07. The van der Waals surface area contributed by atoms with Crippen LogP contribution in [-0.4, -0.2) is 17.4 Å². The van der Waals surface area contributed by atoms with E-state index in [1.165, 1.54) is 0 Å². The Morgan fingerprint density at radius 2 is 2.46 bits per heavy atom. The standard InChI is InChI=1S/C10H11N3/c1-7(9-6-13-10(9)11)8-3-2-4-12-5-8/h2-5H,6H2,1H3,(H2,11,13). The molecule has 1 aromatic heterocycles. The molecule has 0 atom stereocenters. The number of rotatable bonds is 1. The van der Waals surface area contributed by atoms with Gasteiger partial charge in [0.15, 0.2) is 0 Å². The van der Waals surface area contributed by atoms with Crippen LogP contribution < -0.4 is 5.32 Å². The van der Waals surface area contributed by atoms with Crippen LogP contribution in [0.1, 0.15) is 12.5 Å². The highest BCUT2D eigenvalue weighted by atomic mass is 15.0. The Bertz CT molecular complexity index is 365. The van der Waals surface area contributed by atoms with Crippen molar-refractivity contribution in [2.75, 3.05) is 6.54 Å². The van der Waals surface area contributed by atoms with Crippen LogP contribution in [0.25, 0.3) is 5.57 Å². The van der Waals surface area contributed by atoms with Crippen molar-refractivity contribution in [3.63, 3.8) is 0 Å². The lowest BCUT2D eigenvalue weighted by molar-refractivity contribution is 0.908. The van der Waals surface area contributed by atoms with Crippen LogP contribution in [0.4, 0.5) is 0 Å². The second-order valence-corrected chi connectivity index (χ2v) is 3.07. The summed E-state index contributed by atoms with van der Waals surface area (Å²) < 4.78 is 0. The van der Waals surface area contributed by atoms with E-state index in [0.717, 1.165) is 23.3 Å². The maximum atomic E-state index is 7.48. The van der Waals surface area contributed by atoms with Crippen LogP contribution in [0.15, 0.2) is 30.1 Å². The van der Waals surface area contributed by atoms with Gasteiger partial charge in [0.05, 0.1) is 0 Å². The number of allylic oxidation sites excluding steroid dienone is 1. The zero-order valence-electron chi connectivity index (χ0n) is 7.46. The van der Waals surface area contributed by atoms with Crippen molar-refractivity contribution < 1.29 is 0 Å². The van der Waals surface area contributed by atoms with Crippen molar-refractivity contribution in [3.05, 3.63) is 35.7 Å². The fourth-order valence-corrected chi connectivity index (χ4v) is 1.34. The summed E-state index contributed by atoms with van der Waals surface area (Å²) in [6, 6.07) is 3.93. The molecular weight excluding hydrogens is 162 g/mol. The fraction of sp³-hybridized carbons (Fsp3) is 0.200. The minimum absolute atomic E-state index is 0.543. The number of pyridine rings is 1. The number of nitrogens with zero attached hydrogens (tertiary/aromatic N) is 1. The second kappa shape index (κ2) is 3.01. The molecule has 13 heavy (non-hydrogen) atoms. The van der Waals surface area contributed by atoms with Crippen molar-refractivity contribution in [2.45, 2.75) is 6.92 Å². The van der Waals surface area contributed by atoms with Gasteiger partial charge >= 0.3 is 0 Å². The van der Waals surface area contributed by atoms with Gasteiger partial charge in [0, 0.05) is 24.5 Å². The molecule has 66 valence electrons. The average molecular weight is 173 g/mol. The van der Waals surface area contributed by atoms with Crippen LogP contribution in [0.5, 0.6) is 0 Å². The maximum absolute atomic E-state index is 7.48. The van der Waals surface area contributed by atoms with Gasteiger partial charge in [0.25, 0.3) is 0 Å². The summed E-state index contributed by atoms with van der Waals surface area (Å²) in [5.41, 5.74) is 3.34. The summed E-state index contributed by atoms with van der Waals surface area (Å²) in [4.78, 5) is 4.05. The van der Waals surface area contributed by atoms with Crippen LogP contribution in [0.3, 0.4) is 0 Å². The third-order valence-electron chi connectivity index (χ3n) is 2.29. The van der Waals surface area contributed by atoms with E-state index in [1.54, 1.807) is 6.20 Å². The van der Waals surface area contributed by atoms with Gasteiger partial charge < -0.3 is 5.32 Å². The lowest BCUT2D eigenvalue weighted by atomic mass is 9.98. The smallest absolute Gasteiger partial charge is 0.123 e. The van der Waals surface area contributed by atoms with Gasteiger partial charge in [-0.05, 0) is 24.1 Å². The number of amidine groups is 1. The van der Waals surface area contributed by atoms with Crippen LogP contribution in [-0.2, 0) is 0 Å². The topological polar surface area (TPSA) is 48.8 Å². The molecule has 0 spiro atoms. The van der Waals surface area contributed by atoms with E-state index < -0.39 is 0 Å². The molecule has 1 aromatic rings. The highest BCUT2D eigenvalue weighted by Crippen LogP contribution is 2.20. The van der Waals surface area contributed by atoms with E-state index in [4.69, 9.17) is 5.41 Å². The highest BCUT2D eigenvalue weighted by molar-refractivity contribution is 6.08. The van der Waals surface area contributed by atoms with Crippen molar-refractivity contribution in [2.24, 2.45) is 0 Å². The fourth-order valence-electron chi connectivity index (χ4n) is 1.34. The summed E-state index contributed by atoms with van der Waals surface area (Å²) in [6.45, 7) is 2.83. The van der Waals surface area contributed by atoms with E-state index in [1.807, 2.05) is 25.3 Å². The predicted octanol–water partition coefficient (Wildman–Crippen LogP) is 1.44. The maximum Gasteiger partial charge on any atom is 0.123 e. The highest BCUT2D eigenvalue weighted by Gasteiger charge is 2.18. The Kier molecular flexibility index (Phi) is 1.85. The van der Waals surface area contributed by atoms with Gasteiger partial charge in [-0.15, -0.1) is 0 Å². The largest absolute Gasteiger partial charge is 0.366 e. The first-order chi connectivity index (χ1) is 6.29. The number of hydrogen-bond acceptors (Lipinski definition) is 2. The number of aromatic nitrogens is 1. The zero-order chi connectivity index (χ0) is 9.26. The van der Waals surface area contributed by atoms with Crippen molar-refractivity contribution in [1.29, 1.82) is 5.41 Å². The first kappa shape index (κ1) is 7.98. The van der Waals surface area contributed by atoms with Crippen molar-refractivity contribution >= 4 is 11.4 Å². The first-order valence-electron chi connectivity index (χ1n) is 4.22. The first-order valence-corrected chi connectivity index (χ1v) is 4.22. The van der Waals surface area contributed by atoms with E-state index in [9.17, 15) is 0 Å². The molecule has 1 aliphatic rings. The minimum Gasteiger partial charge on any atom is -0.366 e. The molecule has 3 heteroatoms. The molecule has 0 aromatic carbocycles. The lowest BCUT2D eigenvalue weighted by Crippen LogP contribution is -2.41. The Hall–Kier alpha value is -1.64. The molecule has 0 aliphatic carbocycles. The van der Waals surface area contributed by atoms with Gasteiger partial charge in [-0.1, -0.05) is 6.07 Å². The molecule has 0 amide bonds. The third kappa shape index (κ3) is 1.33. The molecule has 2 heterocycles. The van der Waals surface area contributed by atoms with Gasteiger partial charge in [-0.2, -0.15) is 0 Å². The predicted molar refractivity (Wildman–Crippen MR) is 52.6 cm³/mol. The van der Waals surface area contributed by atoms with Crippen LogP contribution >= 0.6 is 0 Å². The van der Waals surface area contributed by atoms with Gasteiger partial charge in [0.1, 0.15) is 5.84 Å². The van der Waals surface area contributed by atoms with E-state index >= 15 is 0 Å². The van der Waals surface area contributed by atoms with Crippen LogP contribution in [0.2, 0.25) is 0 Å². The zero-order valence-corrected chi connectivity index (χ0v) is 7.46. The minimum atomic E-state index is 0.543. The van der Waals surface area contributed by atoms with E-state index in [2.05, 4.69) is 10.3 Å². The molecule has 1 saturated heterocycles. The normalized spacial score (nSPS) is 19.0. The summed E-state index contributed by atoms with van der Waals surface area (Å²) in [7, 11) is 0. The molecule has 2 N–H and O–H groups in total. The van der Waals surface area contributed by atoms with Crippen molar-refractivity contribution in [1.82, 2.24) is 10.3 Å². The Balaban J connectivity index is 2.37. The van der Waals surface area contributed by atoms with Gasteiger partial charge in [-0.25, -0.2) is 0 Å². The van der Waals surface area contributed by atoms with Gasteiger partial charge in [0.2, 0.25) is 0 Å². The number of hydrogen-bond donors (Lipinski definition) is 2. The average Bonchev–Trinajstić information content (AvgIpc) is 2.17. The summed E-state index contributed by atoms with van der Waals surface area (Å²) in [6.07, 6.45) is 3.58. The molecule has 1 aliphatic heterocycles.